The first-order valence-corrected chi connectivity index (χ1v) is 10.9. The second-order valence-corrected chi connectivity index (χ2v) is 9.06. The minimum absolute atomic E-state index is 0.472. The van der Waals surface area contributed by atoms with Crippen LogP contribution in [-0.4, -0.2) is 9.55 Å². The molecule has 0 atom stereocenters. The summed E-state index contributed by atoms with van der Waals surface area (Å²) in [4.78, 5) is 5.07. The fourth-order valence-corrected chi connectivity index (χ4v) is 5.02. The molecule has 2 aliphatic rings. The zero-order valence-electron chi connectivity index (χ0n) is 15.2. The van der Waals surface area contributed by atoms with E-state index < -0.39 is 0 Å². The highest BCUT2D eigenvalue weighted by molar-refractivity contribution is 6.44. The van der Waals surface area contributed by atoms with E-state index in [1.165, 1.54) is 37.0 Å². The molecule has 2 aromatic carbocycles. The van der Waals surface area contributed by atoms with Crippen molar-refractivity contribution in [3.05, 3.63) is 51.2 Å². The number of hydrogen-bond acceptors (Lipinski definition) is 1. The highest BCUT2D eigenvalue weighted by Crippen LogP contribution is 2.53. The molecule has 0 saturated heterocycles. The van der Waals surface area contributed by atoms with Gasteiger partial charge in [0.15, 0.2) is 0 Å². The minimum Gasteiger partial charge on any atom is -0.324 e. The van der Waals surface area contributed by atoms with Crippen molar-refractivity contribution in [3.8, 4) is 11.1 Å². The van der Waals surface area contributed by atoms with E-state index in [0.29, 0.717) is 21.1 Å². The Morgan fingerprint density at radius 1 is 0.963 bits per heavy atom. The summed E-state index contributed by atoms with van der Waals surface area (Å²) in [6.45, 7) is 2.19. The van der Waals surface area contributed by atoms with Gasteiger partial charge in [-0.1, -0.05) is 53.9 Å². The fourth-order valence-electron chi connectivity index (χ4n) is 4.38. The van der Waals surface area contributed by atoms with E-state index in [-0.39, 0.29) is 0 Å². The van der Waals surface area contributed by atoms with Crippen molar-refractivity contribution in [3.63, 3.8) is 0 Å². The van der Waals surface area contributed by atoms with Crippen LogP contribution in [0.25, 0.3) is 22.2 Å². The Balaban J connectivity index is 1.73. The summed E-state index contributed by atoms with van der Waals surface area (Å²) in [5.74, 6) is 2.81. The second-order valence-electron chi connectivity index (χ2n) is 7.84. The Morgan fingerprint density at radius 2 is 1.63 bits per heavy atom. The van der Waals surface area contributed by atoms with Crippen molar-refractivity contribution >= 4 is 45.8 Å². The summed E-state index contributed by atoms with van der Waals surface area (Å²) >= 11 is 18.9. The lowest BCUT2D eigenvalue weighted by atomic mass is 10.0. The molecule has 27 heavy (non-hydrogen) atoms. The van der Waals surface area contributed by atoms with Crippen molar-refractivity contribution in [1.29, 1.82) is 0 Å². The smallest absolute Gasteiger partial charge is 0.109 e. The van der Waals surface area contributed by atoms with Crippen LogP contribution in [0.2, 0.25) is 15.1 Å². The van der Waals surface area contributed by atoms with Crippen LogP contribution in [0.1, 0.15) is 44.5 Å². The standard InChI is InChI=1S/C22H21Cl3N2/c1-2-20-26-21-14(15-10-17(24)18(25)11-16(15)23)4-3-5-19(21)27(20)22(12-6-7-12)13-8-9-13/h3-5,10-13,22H,2,6-9H2,1H3. The third-order valence-corrected chi connectivity index (χ3v) is 6.95. The molecule has 5 heteroatoms. The van der Waals surface area contributed by atoms with Gasteiger partial charge in [-0.05, 0) is 55.7 Å². The average molecular weight is 420 g/mol. The molecule has 2 aliphatic carbocycles. The number of nitrogens with zero attached hydrogens (tertiary/aromatic N) is 2. The maximum Gasteiger partial charge on any atom is 0.109 e. The molecule has 140 valence electrons. The largest absolute Gasteiger partial charge is 0.324 e. The molecule has 0 aliphatic heterocycles. The number of imidazole rings is 1. The predicted molar refractivity (Wildman–Crippen MR) is 114 cm³/mol. The van der Waals surface area contributed by atoms with Crippen LogP contribution in [0.15, 0.2) is 30.3 Å². The summed E-state index contributed by atoms with van der Waals surface area (Å²) < 4.78 is 2.54. The monoisotopic (exact) mass is 418 g/mol. The zero-order chi connectivity index (χ0) is 18.7. The van der Waals surface area contributed by atoms with E-state index in [1.807, 2.05) is 6.07 Å². The normalized spacial score (nSPS) is 17.2. The number of rotatable bonds is 5. The molecule has 0 unspecified atom stereocenters. The number of aryl methyl sites for hydroxylation is 1. The molecule has 2 saturated carbocycles. The van der Waals surface area contributed by atoms with Gasteiger partial charge in [0.25, 0.3) is 0 Å². The first-order valence-electron chi connectivity index (χ1n) is 9.73. The van der Waals surface area contributed by atoms with Crippen molar-refractivity contribution < 1.29 is 0 Å². The molecule has 0 radical (unpaired) electrons. The van der Waals surface area contributed by atoms with E-state index in [9.17, 15) is 0 Å². The summed E-state index contributed by atoms with van der Waals surface area (Å²) in [5.41, 5.74) is 4.14. The Bertz CT molecular complexity index is 1020. The van der Waals surface area contributed by atoms with Gasteiger partial charge in [0.1, 0.15) is 5.82 Å². The number of para-hydroxylation sites is 1. The lowest BCUT2D eigenvalue weighted by Gasteiger charge is -2.21. The zero-order valence-corrected chi connectivity index (χ0v) is 17.5. The van der Waals surface area contributed by atoms with Crippen LogP contribution in [0, 0.1) is 11.8 Å². The Kier molecular flexibility index (Phi) is 4.42. The number of halogens is 3. The van der Waals surface area contributed by atoms with Gasteiger partial charge in [-0.2, -0.15) is 0 Å². The quantitative estimate of drug-likeness (QED) is 0.389. The molecule has 2 nitrogen and oxygen atoms in total. The second kappa shape index (κ2) is 6.69. The SMILES string of the molecule is CCc1nc2c(-c3cc(Cl)c(Cl)cc3Cl)cccc2n1C(C1CC1)C1CC1. The molecule has 3 aromatic rings. The summed E-state index contributed by atoms with van der Waals surface area (Å²) in [5, 5.41) is 1.59. The van der Waals surface area contributed by atoms with Crippen molar-refractivity contribution in [1.82, 2.24) is 9.55 Å². The summed E-state index contributed by atoms with van der Waals surface area (Å²) in [6, 6.07) is 10.6. The van der Waals surface area contributed by atoms with Crippen molar-refractivity contribution in [2.24, 2.45) is 11.8 Å². The molecular weight excluding hydrogens is 399 g/mol. The van der Waals surface area contributed by atoms with Crippen LogP contribution in [0.4, 0.5) is 0 Å². The topological polar surface area (TPSA) is 17.8 Å². The molecular formula is C22H21Cl3N2. The van der Waals surface area contributed by atoms with E-state index in [1.54, 1.807) is 6.07 Å². The molecule has 0 N–H and O–H groups in total. The van der Waals surface area contributed by atoms with Crippen LogP contribution in [0.5, 0.6) is 0 Å². The molecule has 0 bridgehead atoms. The van der Waals surface area contributed by atoms with Crippen molar-refractivity contribution in [2.75, 3.05) is 0 Å². The summed E-state index contributed by atoms with van der Waals surface area (Å²) in [7, 11) is 0. The van der Waals surface area contributed by atoms with Crippen LogP contribution >= 0.6 is 34.8 Å². The maximum absolute atomic E-state index is 6.52. The van der Waals surface area contributed by atoms with Gasteiger partial charge in [-0.15, -0.1) is 0 Å². The summed E-state index contributed by atoms with van der Waals surface area (Å²) in [6.07, 6.45) is 6.33. The maximum atomic E-state index is 6.52. The highest BCUT2D eigenvalue weighted by Gasteiger charge is 2.43. The Morgan fingerprint density at radius 3 is 2.26 bits per heavy atom. The van der Waals surface area contributed by atoms with Gasteiger partial charge in [0.05, 0.1) is 26.1 Å². The van der Waals surface area contributed by atoms with Crippen LogP contribution in [0.3, 0.4) is 0 Å². The fraction of sp³-hybridized carbons (Fsp3) is 0.409. The minimum atomic E-state index is 0.472. The third-order valence-electron chi connectivity index (χ3n) is 5.92. The molecule has 0 amide bonds. The van der Waals surface area contributed by atoms with E-state index >= 15 is 0 Å². The number of benzene rings is 2. The predicted octanol–water partition coefficient (Wildman–Crippen LogP) is 7.59. The lowest BCUT2D eigenvalue weighted by molar-refractivity contribution is 0.393. The van der Waals surface area contributed by atoms with Gasteiger partial charge in [0, 0.05) is 23.6 Å². The van der Waals surface area contributed by atoms with Gasteiger partial charge >= 0.3 is 0 Å². The average Bonchev–Trinajstić information content (AvgIpc) is 3.57. The number of fused-ring (bicyclic) bond motifs is 1. The van der Waals surface area contributed by atoms with E-state index in [4.69, 9.17) is 39.8 Å². The lowest BCUT2D eigenvalue weighted by Crippen LogP contribution is -2.16. The third kappa shape index (κ3) is 3.06. The first kappa shape index (κ1) is 17.8. The molecule has 1 heterocycles. The van der Waals surface area contributed by atoms with Gasteiger partial charge in [0.2, 0.25) is 0 Å². The number of hydrogen-bond donors (Lipinski definition) is 0. The molecule has 0 spiro atoms. The van der Waals surface area contributed by atoms with Crippen LogP contribution < -0.4 is 0 Å². The van der Waals surface area contributed by atoms with Crippen LogP contribution in [-0.2, 0) is 6.42 Å². The number of aromatic nitrogens is 2. The molecule has 1 aromatic heterocycles. The van der Waals surface area contributed by atoms with Gasteiger partial charge in [-0.3, -0.25) is 0 Å². The van der Waals surface area contributed by atoms with E-state index in [0.717, 1.165) is 34.9 Å². The molecule has 2 fully saturated rings. The highest BCUT2D eigenvalue weighted by atomic mass is 35.5. The van der Waals surface area contributed by atoms with Crippen molar-refractivity contribution in [2.45, 2.75) is 45.1 Å². The Labute approximate surface area is 174 Å². The van der Waals surface area contributed by atoms with E-state index in [2.05, 4.69) is 29.7 Å². The first-order chi connectivity index (χ1) is 13.1. The Hall–Kier alpha value is -1.22. The molecule has 5 rings (SSSR count). The van der Waals surface area contributed by atoms with Gasteiger partial charge < -0.3 is 4.57 Å². The van der Waals surface area contributed by atoms with Gasteiger partial charge in [-0.25, -0.2) is 4.98 Å².